The first-order chi connectivity index (χ1) is 13.5. The van der Waals surface area contributed by atoms with E-state index >= 15 is 0 Å². The van der Waals surface area contributed by atoms with Crippen molar-refractivity contribution in [2.45, 2.75) is 10.9 Å². The molecule has 0 unspecified atom stereocenters. The first-order valence-electron chi connectivity index (χ1n) is 8.05. The Morgan fingerprint density at radius 3 is 2.43 bits per heavy atom. The summed E-state index contributed by atoms with van der Waals surface area (Å²) in [5.41, 5.74) is 0.609. The smallest absolute Gasteiger partial charge is 0.205 e. The Labute approximate surface area is 173 Å². The van der Waals surface area contributed by atoms with Gasteiger partial charge in [0.15, 0.2) is 10.9 Å². The van der Waals surface area contributed by atoms with Crippen LogP contribution in [0.5, 0.6) is 0 Å². The molecule has 2 aromatic heterocycles. The summed E-state index contributed by atoms with van der Waals surface area (Å²) < 4.78 is 35.1. The summed E-state index contributed by atoms with van der Waals surface area (Å²) in [6, 6.07) is 12.3. The molecule has 4 aromatic rings. The van der Waals surface area contributed by atoms with Crippen molar-refractivity contribution >= 4 is 35.0 Å². The molecule has 0 saturated heterocycles. The molecule has 0 fully saturated rings. The molecule has 9 heteroatoms. The van der Waals surface area contributed by atoms with Crippen LogP contribution < -0.4 is 0 Å². The van der Waals surface area contributed by atoms with Crippen molar-refractivity contribution < 1.29 is 13.2 Å². The lowest BCUT2D eigenvalue weighted by Crippen LogP contribution is -2.00. The molecular formula is C19H11Cl2F2N3OS. The number of hydrogen-bond acceptors (Lipinski definition) is 4. The van der Waals surface area contributed by atoms with Crippen LogP contribution in [0.2, 0.25) is 10.0 Å². The monoisotopic (exact) mass is 437 g/mol. The first-order valence-corrected chi connectivity index (χ1v) is 9.79. The van der Waals surface area contributed by atoms with Gasteiger partial charge in [0.1, 0.15) is 11.6 Å². The molecule has 4 nitrogen and oxygen atoms in total. The Morgan fingerprint density at radius 2 is 1.75 bits per heavy atom. The Balaban J connectivity index is 1.76. The number of furan rings is 1. The van der Waals surface area contributed by atoms with Crippen LogP contribution in [0.1, 0.15) is 5.56 Å². The number of hydrogen-bond donors (Lipinski definition) is 0. The van der Waals surface area contributed by atoms with Crippen molar-refractivity contribution in [1.82, 2.24) is 14.8 Å². The van der Waals surface area contributed by atoms with Crippen molar-refractivity contribution in [3.63, 3.8) is 0 Å². The highest BCUT2D eigenvalue weighted by molar-refractivity contribution is 7.98. The number of aromatic nitrogens is 3. The number of nitrogens with zero attached hydrogens (tertiary/aromatic N) is 3. The van der Waals surface area contributed by atoms with Gasteiger partial charge in [0.25, 0.3) is 0 Å². The van der Waals surface area contributed by atoms with Crippen LogP contribution >= 0.6 is 35.0 Å². The fraction of sp³-hybridized carbons (Fsp3) is 0.0526. The van der Waals surface area contributed by atoms with Crippen molar-refractivity contribution in [2.75, 3.05) is 0 Å². The highest BCUT2D eigenvalue weighted by atomic mass is 35.5. The standard InChI is InChI=1S/C19H11Cl2F2N3OS/c20-13-7-6-11(9-14(13)21)26-18(17-5-2-8-27-17)24-25-19(26)28-10-12-15(22)3-1-4-16(12)23/h1-9H,10H2. The highest BCUT2D eigenvalue weighted by Gasteiger charge is 2.20. The van der Waals surface area contributed by atoms with Gasteiger partial charge in [-0.2, -0.15) is 0 Å². The molecule has 0 saturated carbocycles. The van der Waals surface area contributed by atoms with Crippen LogP contribution in [-0.4, -0.2) is 14.8 Å². The summed E-state index contributed by atoms with van der Waals surface area (Å²) >= 11 is 13.3. The molecule has 0 spiro atoms. The lowest BCUT2D eigenvalue weighted by molar-refractivity contribution is 0.566. The predicted molar refractivity (Wildman–Crippen MR) is 105 cm³/mol. The van der Waals surface area contributed by atoms with E-state index in [1.54, 1.807) is 34.9 Å². The quantitative estimate of drug-likeness (QED) is 0.338. The van der Waals surface area contributed by atoms with Gasteiger partial charge in [-0.15, -0.1) is 10.2 Å². The summed E-state index contributed by atoms with van der Waals surface area (Å²) in [5.74, 6) is -0.267. The Kier molecular flexibility index (Phi) is 5.39. The van der Waals surface area contributed by atoms with Crippen molar-refractivity contribution in [3.05, 3.63) is 82.0 Å². The third-order valence-electron chi connectivity index (χ3n) is 3.94. The second kappa shape index (κ2) is 7.95. The maximum Gasteiger partial charge on any atom is 0.205 e. The van der Waals surface area contributed by atoms with Crippen LogP contribution in [0.4, 0.5) is 8.78 Å². The fourth-order valence-corrected chi connectivity index (χ4v) is 3.85. The summed E-state index contributed by atoms with van der Waals surface area (Å²) in [4.78, 5) is 0. The molecule has 2 heterocycles. The lowest BCUT2D eigenvalue weighted by atomic mass is 10.2. The zero-order chi connectivity index (χ0) is 19.7. The zero-order valence-corrected chi connectivity index (χ0v) is 16.4. The molecule has 2 aromatic carbocycles. The molecule has 0 aliphatic rings. The molecule has 0 N–H and O–H groups in total. The van der Waals surface area contributed by atoms with Gasteiger partial charge in [-0.25, -0.2) is 8.78 Å². The minimum atomic E-state index is -0.612. The molecule has 0 aliphatic heterocycles. The summed E-state index contributed by atoms with van der Waals surface area (Å²) in [5, 5.41) is 9.53. The fourth-order valence-electron chi connectivity index (χ4n) is 2.59. The van der Waals surface area contributed by atoms with Crippen LogP contribution in [0.25, 0.3) is 17.3 Å². The summed E-state index contributed by atoms with van der Waals surface area (Å²) in [7, 11) is 0. The molecule has 0 atom stereocenters. The molecule has 0 bridgehead atoms. The van der Waals surface area contributed by atoms with E-state index in [-0.39, 0.29) is 11.3 Å². The van der Waals surface area contributed by atoms with Crippen molar-refractivity contribution in [1.29, 1.82) is 0 Å². The van der Waals surface area contributed by atoms with Crippen LogP contribution in [0, 0.1) is 11.6 Å². The topological polar surface area (TPSA) is 43.9 Å². The van der Waals surface area contributed by atoms with Gasteiger partial charge >= 0.3 is 0 Å². The minimum Gasteiger partial charge on any atom is -0.461 e. The maximum absolute atomic E-state index is 14.0. The largest absolute Gasteiger partial charge is 0.461 e. The average Bonchev–Trinajstić information content (AvgIpc) is 3.33. The number of thioether (sulfide) groups is 1. The second-order valence-corrected chi connectivity index (χ2v) is 7.46. The Bertz CT molecular complexity index is 1110. The van der Waals surface area contributed by atoms with Crippen LogP contribution in [0.15, 0.2) is 64.4 Å². The lowest BCUT2D eigenvalue weighted by Gasteiger charge is -2.10. The van der Waals surface area contributed by atoms with Crippen LogP contribution in [-0.2, 0) is 5.75 Å². The molecular weight excluding hydrogens is 427 g/mol. The summed E-state index contributed by atoms with van der Waals surface area (Å²) in [6.07, 6.45) is 1.52. The normalized spacial score (nSPS) is 11.1. The first kappa shape index (κ1) is 19.0. The van der Waals surface area contributed by atoms with Gasteiger partial charge < -0.3 is 4.42 Å². The third-order valence-corrected chi connectivity index (χ3v) is 5.64. The van der Waals surface area contributed by atoms with E-state index in [0.717, 1.165) is 11.8 Å². The van der Waals surface area contributed by atoms with Gasteiger partial charge in [-0.1, -0.05) is 41.0 Å². The predicted octanol–water partition coefficient (Wildman–Crippen LogP) is 6.40. The van der Waals surface area contributed by atoms with E-state index < -0.39 is 11.6 Å². The molecule has 142 valence electrons. The Morgan fingerprint density at radius 1 is 0.964 bits per heavy atom. The molecule has 0 amide bonds. The number of halogens is 4. The van der Waals surface area contributed by atoms with Gasteiger partial charge in [0, 0.05) is 11.3 Å². The van der Waals surface area contributed by atoms with Gasteiger partial charge in [0.05, 0.1) is 22.0 Å². The van der Waals surface area contributed by atoms with E-state index in [2.05, 4.69) is 10.2 Å². The molecule has 0 aliphatic carbocycles. The van der Waals surface area contributed by atoms with E-state index in [1.165, 1.54) is 24.5 Å². The van der Waals surface area contributed by atoms with Crippen molar-refractivity contribution in [2.24, 2.45) is 0 Å². The SMILES string of the molecule is Fc1cccc(F)c1CSc1nnc(-c2ccco2)n1-c1ccc(Cl)c(Cl)c1. The summed E-state index contributed by atoms with van der Waals surface area (Å²) in [6.45, 7) is 0. The van der Waals surface area contributed by atoms with Crippen LogP contribution in [0.3, 0.4) is 0 Å². The van der Waals surface area contributed by atoms with E-state index in [0.29, 0.717) is 32.5 Å². The van der Waals surface area contributed by atoms with Crippen molar-refractivity contribution in [3.8, 4) is 17.3 Å². The highest BCUT2D eigenvalue weighted by Crippen LogP contribution is 2.33. The van der Waals surface area contributed by atoms with Gasteiger partial charge in [0.2, 0.25) is 5.82 Å². The average molecular weight is 438 g/mol. The van der Waals surface area contributed by atoms with E-state index in [9.17, 15) is 8.78 Å². The third kappa shape index (κ3) is 3.65. The number of benzene rings is 2. The van der Waals surface area contributed by atoms with E-state index in [1.807, 2.05) is 0 Å². The minimum absolute atomic E-state index is 0.0317. The second-order valence-electron chi connectivity index (χ2n) is 5.71. The molecule has 0 radical (unpaired) electrons. The zero-order valence-electron chi connectivity index (χ0n) is 14.1. The number of rotatable bonds is 5. The van der Waals surface area contributed by atoms with E-state index in [4.69, 9.17) is 27.6 Å². The maximum atomic E-state index is 14.0. The molecule has 4 rings (SSSR count). The molecule has 28 heavy (non-hydrogen) atoms. The van der Waals surface area contributed by atoms with Gasteiger partial charge in [-0.3, -0.25) is 4.57 Å². The van der Waals surface area contributed by atoms with Gasteiger partial charge in [-0.05, 0) is 42.5 Å². The Hall–Kier alpha value is -2.35.